The Morgan fingerprint density at radius 1 is 1.12 bits per heavy atom. The molecular formula is C25H36N2O5. The van der Waals surface area contributed by atoms with Crippen LogP contribution in [0.2, 0.25) is 0 Å². The molecule has 5 rings (SSSR count). The fourth-order valence-corrected chi connectivity index (χ4v) is 5.15. The fourth-order valence-electron chi connectivity index (χ4n) is 5.15. The number of nitrogens with zero attached hydrogens (tertiary/aromatic N) is 1. The topological polar surface area (TPSA) is 77.1 Å². The van der Waals surface area contributed by atoms with Crippen LogP contribution in [0.4, 0.5) is 4.79 Å². The molecule has 1 aliphatic carbocycles. The average molecular weight is 445 g/mol. The van der Waals surface area contributed by atoms with Crippen LogP contribution in [-0.4, -0.2) is 60.4 Å². The van der Waals surface area contributed by atoms with E-state index in [0.717, 1.165) is 44.3 Å². The van der Waals surface area contributed by atoms with Crippen LogP contribution in [0.15, 0.2) is 24.3 Å². The Balaban J connectivity index is 1.54. The largest absolute Gasteiger partial charge is 0.483 e. The summed E-state index contributed by atoms with van der Waals surface area (Å²) in [6, 6.07) is 7.64. The summed E-state index contributed by atoms with van der Waals surface area (Å²) in [6.07, 6.45) is 5.40. The van der Waals surface area contributed by atoms with Crippen LogP contribution in [0.25, 0.3) is 0 Å². The smallest absolute Gasteiger partial charge is 0.407 e. The van der Waals surface area contributed by atoms with Crippen LogP contribution in [0.3, 0.4) is 0 Å². The molecule has 2 unspecified atom stereocenters. The predicted octanol–water partition coefficient (Wildman–Crippen LogP) is 4.01. The molecule has 1 saturated heterocycles. The third kappa shape index (κ3) is 5.55. The van der Waals surface area contributed by atoms with Gasteiger partial charge in [-0.2, -0.15) is 0 Å². The van der Waals surface area contributed by atoms with Gasteiger partial charge in [-0.05, 0) is 76.8 Å². The highest BCUT2D eigenvalue weighted by molar-refractivity contribution is 5.78. The van der Waals surface area contributed by atoms with E-state index in [1.54, 1.807) is 0 Å². The van der Waals surface area contributed by atoms with E-state index in [-0.39, 0.29) is 30.7 Å². The first-order chi connectivity index (χ1) is 15.3. The molecule has 1 aromatic rings. The Kier molecular flexibility index (Phi) is 6.93. The second kappa shape index (κ2) is 9.69. The van der Waals surface area contributed by atoms with Gasteiger partial charge in [-0.15, -0.1) is 0 Å². The van der Waals surface area contributed by atoms with Crippen LogP contribution in [0.5, 0.6) is 5.75 Å². The zero-order valence-corrected chi connectivity index (χ0v) is 19.5. The van der Waals surface area contributed by atoms with Crippen molar-refractivity contribution in [3.63, 3.8) is 0 Å². The number of rotatable bonds is 1. The van der Waals surface area contributed by atoms with E-state index in [0.29, 0.717) is 19.1 Å². The number of ether oxygens (including phenoxy) is 3. The molecule has 3 heterocycles. The summed E-state index contributed by atoms with van der Waals surface area (Å²) in [5, 5.41) is 3.00. The Hall–Kier alpha value is -2.28. The van der Waals surface area contributed by atoms with Crippen molar-refractivity contribution >= 4 is 12.0 Å². The van der Waals surface area contributed by atoms with Crippen molar-refractivity contribution in [3.8, 4) is 5.75 Å². The van der Waals surface area contributed by atoms with Crippen LogP contribution in [0.1, 0.15) is 70.8 Å². The lowest BCUT2D eigenvalue weighted by molar-refractivity contribution is -0.140. The van der Waals surface area contributed by atoms with E-state index in [1.165, 1.54) is 5.56 Å². The van der Waals surface area contributed by atoms with Gasteiger partial charge in [0.2, 0.25) is 0 Å². The second-order valence-corrected chi connectivity index (χ2v) is 10.2. The first-order valence-corrected chi connectivity index (χ1v) is 11.9. The maximum atomic E-state index is 13.2. The predicted molar refractivity (Wildman–Crippen MR) is 121 cm³/mol. The van der Waals surface area contributed by atoms with Gasteiger partial charge in [0.1, 0.15) is 11.4 Å². The first kappa shape index (κ1) is 22.9. The summed E-state index contributed by atoms with van der Waals surface area (Å²) in [6.45, 7) is 6.57. The van der Waals surface area contributed by atoms with Crippen molar-refractivity contribution in [1.29, 1.82) is 0 Å². The van der Waals surface area contributed by atoms with Crippen LogP contribution >= 0.6 is 0 Å². The summed E-state index contributed by atoms with van der Waals surface area (Å²) < 4.78 is 17.9. The number of benzene rings is 1. The van der Waals surface area contributed by atoms with Crippen molar-refractivity contribution in [2.75, 3.05) is 19.8 Å². The maximum absolute atomic E-state index is 13.2. The molecule has 2 bridgehead atoms. The van der Waals surface area contributed by atoms with E-state index in [1.807, 2.05) is 43.9 Å². The van der Waals surface area contributed by atoms with E-state index >= 15 is 0 Å². The summed E-state index contributed by atoms with van der Waals surface area (Å²) in [4.78, 5) is 27.5. The molecule has 2 atom stereocenters. The van der Waals surface area contributed by atoms with Gasteiger partial charge >= 0.3 is 6.09 Å². The minimum atomic E-state index is -0.574. The van der Waals surface area contributed by atoms with Gasteiger partial charge in [0.25, 0.3) is 5.91 Å². The molecule has 7 nitrogen and oxygen atoms in total. The average Bonchev–Trinajstić information content (AvgIpc) is 2.76. The molecule has 1 N–H and O–H groups in total. The summed E-state index contributed by atoms with van der Waals surface area (Å²) >= 11 is 0. The number of alkyl carbamates (subject to hydrolysis) is 1. The first-order valence-electron chi connectivity index (χ1n) is 11.9. The van der Waals surface area contributed by atoms with Crippen LogP contribution in [-0.2, 0) is 14.3 Å². The zero-order chi connectivity index (χ0) is 22.7. The van der Waals surface area contributed by atoms with E-state index < -0.39 is 11.7 Å². The van der Waals surface area contributed by atoms with Gasteiger partial charge in [-0.25, -0.2) is 4.79 Å². The molecule has 7 heteroatoms. The third-order valence-electron chi connectivity index (χ3n) is 6.69. The number of nitrogens with one attached hydrogen (secondary N) is 1. The van der Waals surface area contributed by atoms with Gasteiger partial charge in [0.15, 0.2) is 6.61 Å². The lowest BCUT2D eigenvalue weighted by Gasteiger charge is -2.42. The number of para-hydroxylation sites is 1. The number of fused-ring (bicyclic) bond motifs is 5. The van der Waals surface area contributed by atoms with Crippen LogP contribution in [0, 0.1) is 0 Å². The highest BCUT2D eigenvalue weighted by atomic mass is 16.6. The van der Waals surface area contributed by atoms with Gasteiger partial charge in [0, 0.05) is 6.54 Å². The normalized spacial score (nSPS) is 28.8. The molecule has 2 fully saturated rings. The molecule has 32 heavy (non-hydrogen) atoms. The third-order valence-corrected chi connectivity index (χ3v) is 6.69. The zero-order valence-electron chi connectivity index (χ0n) is 19.5. The molecule has 1 aromatic carbocycles. The second-order valence-electron chi connectivity index (χ2n) is 10.2. The van der Waals surface area contributed by atoms with E-state index in [4.69, 9.17) is 14.2 Å². The number of carbonyl (C=O) groups excluding carboxylic acids is 2. The molecule has 3 aliphatic heterocycles. The molecule has 1 saturated carbocycles. The molecule has 0 aromatic heterocycles. The highest BCUT2D eigenvalue weighted by Gasteiger charge is 2.38. The quantitative estimate of drug-likeness (QED) is 0.708. The molecule has 0 radical (unpaired) electrons. The molecule has 4 aliphatic rings. The summed E-state index contributed by atoms with van der Waals surface area (Å²) in [5.74, 6) is 1.17. The van der Waals surface area contributed by atoms with Crippen molar-refractivity contribution in [1.82, 2.24) is 10.2 Å². The highest BCUT2D eigenvalue weighted by Crippen LogP contribution is 2.38. The Morgan fingerprint density at radius 3 is 2.62 bits per heavy atom. The van der Waals surface area contributed by atoms with Gasteiger partial charge < -0.3 is 24.4 Å². The Bertz CT molecular complexity index is 813. The summed E-state index contributed by atoms with van der Waals surface area (Å²) in [5.41, 5.74) is 0.618. The van der Waals surface area contributed by atoms with Gasteiger partial charge in [-0.1, -0.05) is 18.2 Å². The molecular weight excluding hydrogens is 408 g/mol. The standard InChI is InChI=1S/C25H36N2O5/c1-25(2,3)32-24(29)26-20-8-6-14-27-21(20)15-30-18-12-10-17(11-13-18)19-7-4-5-9-22(19)31-16-23(27)28/h4-5,7,9,17-18,20-21H,6,8,10-16H2,1-3H3,(H,26,29). The minimum Gasteiger partial charge on any atom is -0.483 e. The van der Waals surface area contributed by atoms with Gasteiger partial charge in [-0.3, -0.25) is 4.79 Å². The number of piperidine rings is 1. The lowest BCUT2D eigenvalue weighted by Crippen LogP contribution is -2.60. The van der Waals surface area contributed by atoms with E-state index in [2.05, 4.69) is 11.4 Å². The minimum absolute atomic E-state index is 0.0111. The SMILES string of the molecule is CC(C)(C)OC(=O)NC1CCCN2C(=O)COc3ccccc3C3CCC(CC3)OCC12. The van der Waals surface area contributed by atoms with Crippen molar-refractivity contribution < 1.29 is 23.8 Å². The summed E-state index contributed by atoms with van der Waals surface area (Å²) in [7, 11) is 0. The van der Waals surface area contributed by atoms with Crippen LogP contribution < -0.4 is 10.1 Å². The monoisotopic (exact) mass is 444 g/mol. The molecule has 176 valence electrons. The maximum Gasteiger partial charge on any atom is 0.407 e. The Labute approximate surface area is 190 Å². The molecule has 0 spiro atoms. The number of hydrogen-bond acceptors (Lipinski definition) is 5. The van der Waals surface area contributed by atoms with Crippen molar-refractivity contribution in [2.45, 2.75) is 89.0 Å². The van der Waals surface area contributed by atoms with Crippen molar-refractivity contribution in [2.24, 2.45) is 0 Å². The Morgan fingerprint density at radius 2 is 1.88 bits per heavy atom. The fraction of sp³-hybridized carbons (Fsp3) is 0.680. The van der Waals surface area contributed by atoms with Gasteiger partial charge in [0.05, 0.1) is 24.8 Å². The van der Waals surface area contributed by atoms with Crippen molar-refractivity contribution in [3.05, 3.63) is 29.8 Å². The number of amides is 2. The lowest BCUT2D eigenvalue weighted by atomic mass is 9.82. The number of hydrogen-bond donors (Lipinski definition) is 1. The van der Waals surface area contributed by atoms with E-state index in [9.17, 15) is 9.59 Å². The number of carbonyl (C=O) groups is 2. The molecule has 2 amide bonds.